The van der Waals surface area contributed by atoms with Crippen LogP contribution in [0.5, 0.6) is 5.75 Å². The number of nitrogens with zero attached hydrogens (tertiary/aromatic N) is 1. The molecule has 0 radical (unpaired) electrons. The summed E-state index contributed by atoms with van der Waals surface area (Å²) in [5.41, 5.74) is 1.00. The first-order chi connectivity index (χ1) is 17.3. The van der Waals surface area contributed by atoms with Crippen LogP contribution in [0.4, 0.5) is 0 Å². The molecule has 200 valence electrons. The number of ketones is 1. The van der Waals surface area contributed by atoms with Gasteiger partial charge >= 0.3 is 0 Å². The van der Waals surface area contributed by atoms with Crippen molar-refractivity contribution in [3.63, 3.8) is 0 Å². The van der Waals surface area contributed by atoms with E-state index in [1.807, 2.05) is 13.8 Å². The molecule has 1 aliphatic carbocycles. The number of Topliss-reactive ketones (excluding diaryl/α,β-unsaturated/α-hetero) is 1. The maximum Gasteiger partial charge on any atom is 0.251 e. The van der Waals surface area contributed by atoms with Crippen molar-refractivity contribution in [1.29, 1.82) is 0 Å². The van der Waals surface area contributed by atoms with Gasteiger partial charge in [-0.3, -0.25) is 19.3 Å². The normalized spacial score (nSPS) is 22.4. The fourth-order valence-electron chi connectivity index (χ4n) is 5.10. The second-order valence-corrected chi connectivity index (χ2v) is 10.0. The van der Waals surface area contributed by atoms with Crippen LogP contribution in [0, 0.1) is 5.41 Å². The van der Waals surface area contributed by atoms with Gasteiger partial charge in [0.15, 0.2) is 5.78 Å². The van der Waals surface area contributed by atoms with Crippen LogP contribution in [0.25, 0.3) is 0 Å². The Kier molecular flexibility index (Phi) is 10.3. The molecule has 2 saturated heterocycles. The summed E-state index contributed by atoms with van der Waals surface area (Å²) in [5.74, 6) is -0.760. The smallest absolute Gasteiger partial charge is 0.251 e. The van der Waals surface area contributed by atoms with Crippen molar-refractivity contribution in [3.05, 3.63) is 29.3 Å². The molecule has 3 fully saturated rings. The predicted molar refractivity (Wildman–Crippen MR) is 136 cm³/mol. The minimum Gasteiger partial charge on any atom is -0.508 e. The van der Waals surface area contributed by atoms with E-state index in [1.165, 1.54) is 6.07 Å². The van der Waals surface area contributed by atoms with E-state index in [0.717, 1.165) is 38.8 Å². The Labute approximate surface area is 213 Å². The SMILES string of the molecule is CC.CC1(CC(NC(=O)c2ccc(O)c(CN3CCOCC3)c2)C(=O)NC2COCC2=O)CCCC1. The third kappa shape index (κ3) is 7.51. The number of nitrogens with one attached hydrogen (secondary N) is 2. The van der Waals surface area contributed by atoms with E-state index in [0.29, 0.717) is 37.3 Å². The fraction of sp³-hybridized carbons (Fsp3) is 0.667. The lowest BCUT2D eigenvalue weighted by Crippen LogP contribution is -2.52. The highest BCUT2D eigenvalue weighted by Crippen LogP contribution is 2.41. The van der Waals surface area contributed by atoms with Gasteiger partial charge in [0.1, 0.15) is 24.4 Å². The molecular weight excluding hydrogens is 462 g/mol. The molecule has 2 aliphatic heterocycles. The Balaban J connectivity index is 0.00000176. The summed E-state index contributed by atoms with van der Waals surface area (Å²) < 4.78 is 10.5. The fourth-order valence-corrected chi connectivity index (χ4v) is 5.10. The van der Waals surface area contributed by atoms with Crippen molar-refractivity contribution in [2.24, 2.45) is 5.41 Å². The largest absolute Gasteiger partial charge is 0.508 e. The van der Waals surface area contributed by atoms with E-state index in [9.17, 15) is 19.5 Å². The molecule has 4 rings (SSSR count). The molecule has 9 nitrogen and oxygen atoms in total. The zero-order valence-electron chi connectivity index (χ0n) is 21.8. The number of carbonyl (C=O) groups is 3. The number of rotatable bonds is 8. The van der Waals surface area contributed by atoms with Crippen molar-refractivity contribution in [3.8, 4) is 5.75 Å². The summed E-state index contributed by atoms with van der Waals surface area (Å²) in [6.45, 7) is 9.64. The molecule has 0 bridgehead atoms. The van der Waals surface area contributed by atoms with E-state index >= 15 is 0 Å². The zero-order valence-corrected chi connectivity index (χ0v) is 21.8. The quantitative estimate of drug-likeness (QED) is 0.499. The molecule has 3 aliphatic rings. The van der Waals surface area contributed by atoms with Gasteiger partial charge in [0.05, 0.1) is 19.8 Å². The van der Waals surface area contributed by atoms with Crippen LogP contribution in [0.1, 0.15) is 68.8 Å². The summed E-state index contributed by atoms with van der Waals surface area (Å²) in [5, 5.41) is 16.0. The summed E-state index contributed by atoms with van der Waals surface area (Å²) in [6, 6.07) is 3.33. The van der Waals surface area contributed by atoms with Crippen molar-refractivity contribution in [2.75, 3.05) is 39.5 Å². The van der Waals surface area contributed by atoms with Gasteiger partial charge in [-0.15, -0.1) is 0 Å². The van der Waals surface area contributed by atoms with E-state index in [2.05, 4.69) is 22.5 Å². The number of hydrogen-bond acceptors (Lipinski definition) is 7. The number of benzene rings is 1. The van der Waals surface area contributed by atoms with Gasteiger partial charge in [-0.1, -0.05) is 33.6 Å². The van der Waals surface area contributed by atoms with E-state index in [1.54, 1.807) is 12.1 Å². The lowest BCUT2D eigenvalue weighted by molar-refractivity contribution is -0.127. The molecule has 2 amide bonds. The Morgan fingerprint density at radius 2 is 1.86 bits per heavy atom. The molecule has 0 aromatic heterocycles. The molecule has 1 saturated carbocycles. The number of phenols is 1. The highest BCUT2D eigenvalue weighted by molar-refractivity contribution is 5.99. The third-order valence-electron chi connectivity index (χ3n) is 7.20. The molecule has 2 atom stereocenters. The Morgan fingerprint density at radius 3 is 2.50 bits per heavy atom. The lowest BCUT2D eigenvalue weighted by atomic mass is 9.81. The van der Waals surface area contributed by atoms with Gasteiger partial charge in [0.25, 0.3) is 5.91 Å². The van der Waals surface area contributed by atoms with Crippen molar-refractivity contribution < 1.29 is 29.0 Å². The molecular formula is C27H41N3O6. The van der Waals surface area contributed by atoms with Crippen LogP contribution in [0.15, 0.2) is 18.2 Å². The molecule has 2 heterocycles. The van der Waals surface area contributed by atoms with E-state index in [4.69, 9.17) is 9.47 Å². The van der Waals surface area contributed by atoms with Crippen LogP contribution in [0.2, 0.25) is 0 Å². The molecule has 0 spiro atoms. The van der Waals surface area contributed by atoms with Gasteiger partial charge < -0.3 is 25.2 Å². The van der Waals surface area contributed by atoms with E-state index < -0.39 is 12.1 Å². The zero-order chi connectivity index (χ0) is 26.1. The topological polar surface area (TPSA) is 117 Å². The van der Waals surface area contributed by atoms with Gasteiger partial charge in [0, 0.05) is 30.8 Å². The Bertz CT molecular complexity index is 909. The molecule has 9 heteroatoms. The summed E-state index contributed by atoms with van der Waals surface area (Å²) in [4.78, 5) is 40.4. The maximum absolute atomic E-state index is 13.2. The number of aromatic hydroxyl groups is 1. The van der Waals surface area contributed by atoms with Crippen LogP contribution in [0.3, 0.4) is 0 Å². The average Bonchev–Trinajstić information content (AvgIpc) is 3.49. The van der Waals surface area contributed by atoms with Crippen LogP contribution in [-0.2, 0) is 25.6 Å². The van der Waals surface area contributed by atoms with Crippen molar-refractivity contribution >= 4 is 17.6 Å². The second-order valence-electron chi connectivity index (χ2n) is 10.0. The Hall–Kier alpha value is -2.49. The number of carbonyl (C=O) groups excluding carboxylic acids is 3. The van der Waals surface area contributed by atoms with Gasteiger partial charge in [-0.25, -0.2) is 0 Å². The van der Waals surface area contributed by atoms with Gasteiger partial charge in [0.2, 0.25) is 5.91 Å². The lowest BCUT2D eigenvalue weighted by Gasteiger charge is -2.30. The minimum absolute atomic E-state index is 0.000877. The molecule has 2 unspecified atom stereocenters. The summed E-state index contributed by atoms with van der Waals surface area (Å²) in [7, 11) is 0. The first-order valence-corrected chi connectivity index (χ1v) is 13.2. The number of morpholine rings is 1. The highest BCUT2D eigenvalue weighted by atomic mass is 16.5. The molecule has 1 aromatic carbocycles. The number of amides is 2. The van der Waals surface area contributed by atoms with E-state index in [-0.39, 0.29) is 42.0 Å². The maximum atomic E-state index is 13.2. The first kappa shape index (κ1) is 28.1. The average molecular weight is 504 g/mol. The van der Waals surface area contributed by atoms with Gasteiger partial charge in [-0.05, 0) is 42.9 Å². The third-order valence-corrected chi connectivity index (χ3v) is 7.20. The first-order valence-electron chi connectivity index (χ1n) is 13.2. The second kappa shape index (κ2) is 13.2. The van der Waals surface area contributed by atoms with Crippen LogP contribution in [-0.4, -0.2) is 79.2 Å². The molecule has 1 aromatic rings. The van der Waals surface area contributed by atoms with Crippen LogP contribution < -0.4 is 10.6 Å². The Morgan fingerprint density at radius 1 is 1.17 bits per heavy atom. The van der Waals surface area contributed by atoms with Crippen molar-refractivity contribution in [2.45, 2.75) is 71.5 Å². The standard InChI is InChI=1S/C25H35N3O6.C2H6/c1-25(6-2-3-7-25)13-19(24(32)27-20-15-34-16-22(20)30)26-23(31)17-4-5-21(29)18(12-17)14-28-8-10-33-11-9-28;1-2/h4-5,12,19-20,29H,2-3,6-11,13-16H2,1H3,(H,26,31)(H,27,32);1-2H3. The predicted octanol–water partition coefficient (Wildman–Crippen LogP) is 2.40. The van der Waals surface area contributed by atoms with Crippen LogP contribution >= 0.6 is 0 Å². The number of hydrogen-bond donors (Lipinski definition) is 3. The van der Waals surface area contributed by atoms with Crippen molar-refractivity contribution in [1.82, 2.24) is 15.5 Å². The minimum atomic E-state index is -0.763. The molecule has 3 N–H and O–H groups in total. The monoisotopic (exact) mass is 503 g/mol. The highest BCUT2D eigenvalue weighted by Gasteiger charge is 2.37. The summed E-state index contributed by atoms with van der Waals surface area (Å²) in [6.07, 6.45) is 4.72. The number of ether oxygens (including phenoxy) is 2. The summed E-state index contributed by atoms with van der Waals surface area (Å²) >= 11 is 0. The number of phenolic OH excluding ortho intramolecular Hbond substituents is 1. The van der Waals surface area contributed by atoms with Gasteiger partial charge in [-0.2, -0.15) is 0 Å². The molecule has 36 heavy (non-hydrogen) atoms.